The first kappa shape index (κ1) is 15.5. The molecule has 0 spiro atoms. The van der Waals surface area contributed by atoms with Gasteiger partial charge in [0.25, 0.3) is 0 Å². The Labute approximate surface area is 123 Å². The highest BCUT2D eigenvalue weighted by Gasteiger charge is 2.52. The average molecular weight is 277 g/mol. The summed E-state index contributed by atoms with van der Waals surface area (Å²) in [5, 5.41) is 3.72. The molecule has 2 rings (SSSR count). The van der Waals surface area contributed by atoms with Crippen molar-refractivity contribution in [3.05, 3.63) is 35.1 Å². The summed E-state index contributed by atoms with van der Waals surface area (Å²) < 4.78 is 13.3. The SMILES string of the molecule is CCCNC1CC(c2ccc(F)cc2C)C1(CC)CC. The van der Waals surface area contributed by atoms with Gasteiger partial charge in [0, 0.05) is 6.04 Å². The van der Waals surface area contributed by atoms with Crippen LogP contribution >= 0.6 is 0 Å². The van der Waals surface area contributed by atoms with Gasteiger partial charge >= 0.3 is 0 Å². The van der Waals surface area contributed by atoms with Crippen LogP contribution in [0.1, 0.15) is 63.5 Å². The highest BCUT2D eigenvalue weighted by molar-refractivity contribution is 5.35. The molecule has 1 aliphatic carbocycles. The fraction of sp³-hybridized carbons (Fsp3) is 0.667. The van der Waals surface area contributed by atoms with E-state index in [1.807, 2.05) is 13.0 Å². The lowest BCUT2D eigenvalue weighted by Gasteiger charge is -2.57. The Kier molecular flexibility index (Phi) is 4.85. The summed E-state index contributed by atoms with van der Waals surface area (Å²) in [6.45, 7) is 9.96. The van der Waals surface area contributed by atoms with Crippen LogP contribution in [0.5, 0.6) is 0 Å². The quantitative estimate of drug-likeness (QED) is 0.788. The molecule has 2 unspecified atom stereocenters. The molecule has 2 atom stereocenters. The summed E-state index contributed by atoms with van der Waals surface area (Å²) in [4.78, 5) is 0. The Morgan fingerprint density at radius 3 is 2.50 bits per heavy atom. The second-order valence-corrected chi connectivity index (χ2v) is 6.24. The number of nitrogens with one attached hydrogen (secondary N) is 1. The first-order chi connectivity index (χ1) is 9.58. The number of hydrogen-bond acceptors (Lipinski definition) is 1. The van der Waals surface area contributed by atoms with Gasteiger partial charge in [0.2, 0.25) is 0 Å². The minimum Gasteiger partial charge on any atom is -0.313 e. The van der Waals surface area contributed by atoms with Crippen molar-refractivity contribution >= 4 is 0 Å². The molecule has 0 bridgehead atoms. The molecule has 1 saturated carbocycles. The summed E-state index contributed by atoms with van der Waals surface area (Å²) in [7, 11) is 0. The van der Waals surface area contributed by atoms with Crippen LogP contribution in [0.4, 0.5) is 4.39 Å². The fourth-order valence-electron chi connectivity index (χ4n) is 4.09. The molecule has 20 heavy (non-hydrogen) atoms. The Bertz CT molecular complexity index is 451. The van der Waals surface area contributed by atoms with Gasteiger partial charge in [0.05, 0.1) is 0 Å². The van der Waals surface area contributed by atoms with E-state index in [1.54, 1.807) is 12.1 Å². The minimum absolute atomic E-state index is 0.121. The Morgan fingerprint density at radius 2 is 1.95 bits per heavy atom. The van der Waals surface area contributed by atoms with Crippen molar-refractivity contribution in [1.29, 1.82) is 0 Å². The van der Waals surface area contributed by atoms with E-state index in [4.69, 9.17) is 0 Å². The van der Waals surface area contributed by atoms with Gasteiger partial charge in [0.1, 0.15) is 5.82 Å². The molecule has 0 heterocycles. The van der Waals surface area contributed by atoms with E-state index >= 15 is 0 Å². The zero-order valence-electron chi connectivity index (χ0n) is 13.3. The van der Waals surface area contributed by atoms with Crippen LogP contribution in [0.15, 0.2) is 18.2 Å². The molecule has 2 heteroatoms. The number of halogens is 1. The maximum Gasteiger partial charge on any atom is 0.123 e. The molecule has 0 radical (unpaired) electrons. The van der Waals surface area contributed by atoms with Crippen LogP contribution in [0.2, 0.25) is 0 Å². The van der Waals surface area contributed by atoms with E-state index in [9.17, 15) is 4.39 Å². The molecule has 112 valence electrons. The highest BCUT2D eigenvalue weighted by Crippen LogP contribution is 2.57. The van der Waals surface area contributed by atoms with Crippen LogP contribution < -0.4 is 5.32 Å². The first-order valence-electron chi connectivity index (χ1n) is 8.08. The van der Waals surface area contributed by atoms with Crippen molar-refractivity contribution in [3.8, 4) is 0 Å². The lowest BCUT2D eigenvalue weighted by Crippen LogP contribution is -2.58. The third-order valence-electron chi connectivity index (χ3n) is 5.42. The van der Waals surface area contributed by atoms with Gasteiger partial charge < -0.3 is 5.32 Å². The summed E-state index contributed by atoms with van der Waals surface area (Å²) in [5.41, 5.74) is 2.80. The molecule has 0 saturated heterocycles. The van der Waals surface area contributed by atoms with Crippen molar-refractivity contribution in [2.45, 2.75) is 65.3 Å². The van der Waals surface area contributed by atoms with Crippen LogP contribution in [0.3, 0.4) is 0 Å². The Morgan fingerprint density at radius 1 is 1.25 bits per heavy atom. The smallest absolute Gasteiger partial charge is 0.123 e. The van der Waals surface area contributed by atoms with E-state index in [0.29, 0.717) is 17.4 Å². The van der Waals surface area contributed by atoms with E-state index in [1.165, 1.54) is 31.2 Å². The van der Waals surface area contributed by atoms with Gasteiger partial charge in [-0.15, -0.1) is 0 Å². The normalized spacial score (nSPS) is 24.4. The van der Waals surface area contributed by atoms with Gasteiger partial charge in [-0.05, 0) is 73.7 Å². The van der Waals surface area contributed by atoms with Crippen molar-refractivity contribution < 1.29 is 4.39 Å². The third kappa shape index (κ3) is 2.50. The number of rotatable bonds is 6. The summed E-state index contributed by atoms with van der Waals surface area (Å²) >= 11 is 0. The molecular formula is C18H28FN. The first-order valence-corrected chi connectivity index (χ1v) is 8.08. The second kappa shape index (κ2) is 6.26. The van der Waals surface area contributed by atoms with Crippen LogP contribution in [0, 0.1) is 18.2 Å². The van der Waals surface area contributed by atoms with Crippen LogP contribution in [-0.2, 0) is 0 Å². The third-order valence-corrected chi connectivity index (χ3v) is 5.42. The molecule has 0 amide bonds. The Hall–Kier alpha value is -0.890. The zero-order chi connectivity index (χ0) is 14.8. The predicted molar refractivity (Wildman–Crippen MR) is 83.6 cm³/mol. The highest BCUT2D eigenvalue weighted by atomic mass is 19.1. The molecule has 1 N–H and O–H groups in total. The van der Waals surface area contributed by atoms with Crippen molar-refractivity contribution in [3.63, 3.8) is 0 Å². The Balaban J connectivity index is 2.24. The summed E-state index contributed by atoms with van der Waals surface area (Å²) in [6, 6.07) is 5.92. The van der Waals surface area contributed by atoms with Crippen LogP contribution in [-0.4, -0.2) is 12.6 Å². The minimum atomic E-state index is -0.121. The lowest BCUT2D eigenvalue weighted by molar-refractivity contribution is 0.0198. The lowest BCUT2D eigenvalue weighted by atomic mass is 9.51. The predicted octanol–water partition coefficient (Wildman–Crippen LogP) is 4.80. The van der Waals surface area contributed by atoms with E-state index in [0.717, 1.165) is 12.1 Å². The molecular weight excluding hydrogens is 249 g/mol. The molecule has 1 aromatic rings. The summed E-state index contributed by atoms with van der Waals surface area (Å²) in [5.74, 6) is 0.456. The molecule has 1 nitrogen and oxygen atoms in total. The van der Waals surface area contributed by atoms with Crippen LogP contribution in [0.25, 0.3) is 0 Å². The summed E-state index contributed by atoms with van der Waals surface area (Å²) in [6.07, 6.45) is 4.74. The van der Waals surface area contributed by atoms with E-state index in [-0.39, 0.29) is 5.82 Å². The second-order valence-electron chi connectivity index (χ2n) is 6.24. The van der Waals surface area contributed by atoms with Crippen molar-refractivity contribution in [2.24, 2.45) is 5.41 Å². The zero-order valence-corrected chi connectivity index (χ0v) is 13.3. The van der Waals surface area contributed by atoms with Crippen molar-refractivity contribution in [1.82, 2.24) is 5.32 Å². The molecule has 0 aromatic heterocycles. The number of aryl methyl sites for hydroxylation is 1. The molecule has 1 fully saturated rings. The van der Waals surface area contributed by atoms with Gasteiger partial charge in [-0.25, -0.2) is 4.39 Å². The van der Waals surface area contributed by atoms with Gasteiger partial charge in [0.15, 0.2) is 0 Å². The maximum atomic E-state index is 13.3. The monoisotopic (exact) mass is 277 g/mol. The van der Waals surface area contributed by atoms with Gasteiger partial charge in [-0.2, -0.15) is 0 Å². The van der Waals surface area contributed by atoms with E-state index < -0.39 is 0 Å². The maximum absolute atomic E-state index is 13.3. The molecule has 1 aliphatic rings. The average Bonchev–Trinajstić information content (AvgIpc) is 2.41. The standard InChI is InChI=1S/C18H28FN/c1-5-10-20-17-12-16(18(17,6-2)7-3)15-9-8-14(19)11-13(15)4/h8-9,11,16-17,20H,5-7,10,12H2,1-4H3. The topological polar surface area (TPSA) is 12.0 Å². The van der Waals surface area contributed by atoms with Crippen molar-refractivity contribution in [2.75, 3.05) is 6.54 Å². The fourth-order valence-corrected chi connectivity index (χ4v) is 4.09. The van der Waals surface area contributed by atoms with Gasteiger partial charge in [-0.1, -0.05) is 26.8 Å². The molecule has 0 aliphatic heterocycles. The molecule has 1 aromatic carbocycles. The number of benzene rings is 1. The largest absolute Gasteiger partial charge is 0.313 e. The van der Waals surface area contributed by atoms with Gasteiger partial charge in [-0.3, -0.25) is 0 Å². The van der Waals surface area contributed by atoms with E-state index in [2.05, 4.69) is 26.1 Å². The number of hydrogen-bond donors (Lipinski definition) is 1.